The highest BCUT2D eigenvalue weighted by Crippen LogP contribution is 2.29. The highest BCUT2D eigenvalue weighted by atomic mass is 16.3. The van der Waals surface area contributed by atoms with E-state index in [1.807, 2.05) is 30.0 Å². The lowest BCUT2D eigenvalue weighted by molar-refractivity contribution is -0.128. The molecule has 1 saturated heterocycles. The lowest BCUT2D eigenvalue weighted by Crippen LogP contribution is -2.38. The van der Waals surface area contributed by atoms with Crippen LogP contribution in [-0.2, 0) is 4.79 Å². The minimum Gasteiger partial charge on any atom is -0.393 e. The van der Waals surface area contributed by atoms with Gasteiger partial charge in [-0.2, -0.15) is 0 Å². The molecule has 0 saturated carbocycles. The maximum atomic E-state index is 12.6. The second-order valence-corrected chi connectivity index (χ2v) is 6.65. The van der Waals surface area contributed by atoms with Crippen LogP contribution in [0.5, 0.6) is 0 Å². The van der Waals surface area contributed by atoms with Crippen molar-refractivity contribution in [2.75, 3.05) is 13.1 Å². The minimum atomic E-state index is -0.317. The van der Waals surface area contributed by atoms with Gasteiger partial charge in [-0.25, -0.2) is 0 Å². The Labute approximate surface area is 126 Å². The van der Waals surface area contributed by atoms with Crippen molar-refractivity contribution >= 4 is 12.0 Å². The van der Waals surface area contributed by atoms with Crippen molar-refractivity contribution in [2.45, 2.75) is 39.7 Å². The molecule has 1 aromatic heterocycles. The predicted molar refractivity (Wildman–Crippen MR) is 83.5 cm³/mol. The highest BCUT2D eigenvalue weighted by Gasteiger charge is 2.31. The molecule has 0 aliphatic carbocycles. The second-order valence-electron chi connectivity index (χ2n) is 6.65. The van der Waals surface area contributed by atoms with E-state index in [9.17, 15) is 9.90 Å². The van der Waals surface area contributed by atoms with Crippen LogP contribution in [0.3, 0.4) is 0 Å². The van der Waals surface area contributed by atoms with Crippen molar-refractivity contribution in [3.63, 3.8) is 0 Å². The van der Waals surface area contributed by atoms with Crippen molar-refractivity contribution in [2.24, 2.45) is 5.41 Å². The van der Waals surface area contributed by atoms with Gasteiger partial charge in [0.25, 0.3) is 0 Å². The molecule has 1 fully saturated rings. The van der Waals surface area contributed by atoms with E-state index < -0.39 is 0 Å². The third-order valence-corrected chi connectivity index (χ3v) is 3.85. The summed E-state index contributed by atoms with van der Waals surface area (Å²) in [4.78, 5) is 18.4. The van der Waals surface area contributed by atoms with Crippen molar-refractivity contribution < 1.29 is 9.90 Å². The van der Waals surface area contributed by atoms with Crippen molar-refractivity contribution in [3.8, 4) is 0 Å². The number of aliphatic hydroxyl groups excluding tert-OH is 1. The molecule has 1 aliphatic rings. The van der Waals surface area contributed by atoms with Gasteiger partial charge in [0.15, 0.2) is 0 Å². The van der Waals surface area contributed by atoms with Crippen molar-refractivity contribution in [1.82, 2.24) is 9.88 Å². The molecule has 0 spiro atoms. The van der Waals surface area contributed by atoms with Gasteiger partial charge in [0.05, 0.1) is 6.10 Å². The van der Waals surface area contributed by atoms with E-state index in [-0.39, 0.29) is 17.4 Å². The number of aromatic nitrogens is 1. The van der Waals surface area contributed by atoms with Crippen LogP contribution >= 0.6 is 0 Å². The number of carbonyl (C=O) groups excluding carboxylic acids is 1. The summed E-state index contributed by atoms with van der Waals surface area (Å²) >= 11 is 0. The molecule has 2 heterocycles. The Morgan fingerprint density at radius 2 is 2.10 bits per heavy atom. The minimum absolute atomic E-state index is 0.0500. The van der Waals surface area contributed by atoms with Crippen LogP contribution in [-0.4, -0.2) is 40.1 Å². The average Bonchev–Trinajstić information content (AvgIpc) is 2.56. The molecule has 1 aliphatic heterocycles. The Bertz CT molecular complexity index is 523. The zero-order valence-electron chi connectivity index (χ0n) is 13.0. The fraction of sp³-hybridized carbons (Fsp3) is 0.529. The van der Waals surface area contributed by atoms with Gasteiger partial charge in [-0.15, -0.1) is 0 Å². The number of likely N-dealkylation sites (tertiary alicyclic amines) is 1. The molecule has 1 atom stereocenters. The van der Waals surface area contributed by atoms with Crippen LogP contribution in [0, 0.1) is 5.41 Å². The summed E-state index contributed by atoms with van der Waals surface area (Å²) in [7, 11) is 0. The summed E-state index contributed by atoms with van der Waals surface area (Å²) in [6.45, 7) is 7.35. The molecule has 1 aromatic rings. The van der Waals surface area contributed by atoms with Gasteiger partial charge in [-0.05, 0) is 49.0 Å². The van der Waals surface area contributed by atoms with Gasteiger partial charge in [0, 0.05) is 31.1 Å². The van der Waals surface area contributed by atoms with E-state index in [0.29, 0.717) is 25.1 Å². The summed E-state index contributed by atoms with van der Waals surface area (Å²) in [6, 6.07) is 3.76. The molecule has 1 amide bonds. The number of nitrogens with zero attached hydrogens (tertiary/aromatic N) is 2. The highest BCUT2D eigenvalue weighted by molar-refractivity contribution is 5.97. The molecule has 114 valence electrons. The molecular formula is C17H24N2O2. The monoisotopic (exact) mass is 288 g/mol. The molecule has 4 heteroatoms. The Balaban J connectivity index is 2.13. The summed E-state index contributed by atoms with van der Waals surface area (Å²) in [6.07, 6.45) is 6.39. The van der Waals surface area contributed by atoms with Gasteiger partial charge in [0.1, 0.15) is 0 Å². The number of hydrogen-bond acceptors (Lipinski definition) is 3. The molecule has 2 rings (SSSR count). The maximum absolute atomic E-state index is 12.6. The van der Waals surface area contributed by atoms with E-state index >= 15 is 0 Å². The molecule has 21 heavy (non-hydrogen) atoms. The van der Waals surface area contributed by atoms with Crippen molar-refractivity contribution in [3.05, 3.63) is 35.7 Å². The van der Waals surface area contributed by atoms with E-state index in [4.69, 9.17) is 0 Å². The Hall–Kier alpha value is -1.68. The van der Waals surface area contributed by atoms with Crippen molar-refractivity contribution in [1.29, 1.82) is 0 Å². The van der Waals surface area contributed by atoms with Crippen LogP contribution in [0.2, 0.25) is 0 Å². The van der Waals surface area contributed by atoms with Crippen LogP contribution in [0.25, 0.3) is 6.08 Å². The van der Waals surface area contributed by atoms with Gasteiger partial charge in [-0.1, -0.05) is 13.8 Å². The number of carbonyl (C=O) groups is 1. The fourth-order valence-electron chi connectivity index (χ4n) is 2.90. The lowest BCUT2D eigenvalue weighted by Gasteiger charge is -2.30. The summed E-state index contributed by atoms with van der Waals surface area (Å²) in [5, 5.41) is 9.94. The standard InChI is InChI=1S/C17H24N2O2/c1-13(10-14-4-7-18-8-5-14)16(21)19-9-6-15(20)11-17(2,3)12-19/h4-5,7-8,10,15,20H,6,9,11-12H2,1-3H3/b13-10+. The van der Waals surface area contributed by atoms with E-state index in [1.165, 1.54) is 0 Å². The molecule has 1 N–H and O–H groups in total. The largest absolute Gasteiger partial charge is 0.393 e. The molecule has 4 nitrogen and oxygen atoms in total. The zero-order chi connectivity index (χ0) is 15.5. The zero-order valence-corrected chi connectivity index (χ0v) is 13.0. The van der Waals surface area contributed by atoms with Crippen LogP contribution in [0.1, 0.15) is 39.2 Å². The topological polar surface area (TPSA) is 53.4 Å². The lowest BCUT2D eigenvalue weighted by atomic mass is 9.87. The average molecular weight is 288 g/mol. The molecule has 0 radical (unpaired) electrons. The SMILES string of the molecule is C/C(=C\c1ccncc1)C(=O)N1CCC(O)CC(C)(C)C1. The Kier molecular flexibility index (Phi) is 4.78. The number of amides is 1. The van der Waals surface area contributed by atoms with Crippen LogP contribution < -0.4 is 0 Å². The maximum Gasteiger partial charge on any atom is 0.249 e. The quantitative estimate of drug-likeness (QED) is 0.851. The van der Waals surface area contributed by atoms with Gasteiger partial charge in [0.2, 0.25) is 5.91 Å². The normalized spacial score (nSPS) is 22.8. The van der Waals surface area contributed by atoms with Crippen LogP contribution in [0.15, 0.2) is 30.1 Å². The van der Waals surface area contributed by atoms with Gasteiger partial charge < -0.3 is 10.0 Å². The smallest absolute Gasteiger partial charge is 0.249 e. The summed E-state index contributed by atoms with van der Waals surface area (Å²) in [5.41, 5.74) is 1.64. The molecule has 1 unspecified atom stereocenters. The molecule has 0 bridgehead atoms. The Morgan fingerprint density at radius 3 is 2.76 bits per heavy atom. The molecule has 0 aromatic carbocycles. The van der Waals surface area contributed by atoms with E-state index in [2.05, 4.69) is 18.8 Å². The first-order valence-electron chi connectivity index (χ1n) is 7.43. The van der Waals surface area contributed by atoms with Crippen LogP contribution in [0.4, 0.5) is 0 Å². The number of pyridine rings is 1. The van der Waals surface area contributed by atoms with E-state index in [0.717, 1.165) is 12.0 Å². The summed E-state index contributed by atoms with van der Waals surface area (Å²) in [5.74, 6) is 0.0500. The Morgan fingerprint density at radius 1 is 1.43 bits per heavy atom. The second kappa shape index (κ2) is 6.39. The number of hydrogen-bond donors (Lipinski definition) is 1. The first-order valence-corrected chi connectivity index (χ1v) is 7.43. The number of aliphatic hydroxyl groups is 1. The third-order valence-electron chi connectivity index (χ3n) is 3.85. The van der Waals surface area contributed by atoms with E-state index in [1.54, 1.807) is 12.4 Å². The first-order chi connectivity index (χ1) is 9.87. The summed E-state index contributed by atoms with van der Waals surface area (Å²) < 4.78 is 0. The fourth-order valence-corrected chi connectivity index (χ4v) is 2.90. The first kappa shape index (κ1) is 15.7. The van der Waals surface area contributed by atoms with Gasteiger partial charge in [-0.3, -0.25) is 9.78 Å². The van der Waals surface area contributed by atoms with Gasteiger partial charge >= 0.3 is 0 Å². The third kappa shape index (κ3) is 4.39. The predicted octanol–water partition coefficient (Wildman–Crippen LogP) is 2.49. The number of rotatable bonds is 2. The molecular weight excluding hydrogens is 264 g/mol.